The van der Waals surface area contributed by atoms with Crippen LogP contribution in [0.25, 0.3) is 0 Å². The van der Waals surface area contributed by atoms with Gasteiger partial charge >= 0.3 is 6.08 Å². The van der Waals surface area contributed by atoms with Crippen molar-refractivity contribution >= 4 is 6.08 Å². The van der Waals surface area contributed by atoms with Gasteiger partial charge in [-0.15, -0.1) is 4.74 Å². The minimum absolute atomic E-state index is 0.0694. The number of hydrogen-bond donors (Lipinski definition) is 0. The fraction of sp³-hybridized carbons (Fsp3) is 0.500. The Labute approximate surface area is 29.1 Å². The van der Waals surface area contributed by atoms with E-state index in [9.17, 15) is 5.21 Å². The van der Waals surface area contributed by atoms with Crippen LogP contribution in [0.1, 0.15) is 0 Å². The highest BCUT2D eigenvalue weighted by atomic mass is 16.5. The molecule has 3 heteroatoms. The molecule has 0 N–H and O–H groups in total. The Balaban J connectivity index is 3.60. The highest BCUT2D eigenvalue weighted by Gasteiger charge is 1.60. The molecule has 0 radical (unpaired) electrons. The van der Waals surface area contributed by atoms with E-state index < -0.39 is 0 Å². The molecule has 0 bridgehead atoms. The molecule has 0 unspecified atom stereocenters. The Morgan fingerprint density at radius 2 is 2.20 bits per heavy atom. The maximum absolute atomic E-state index is 9.31. The van der Waals surface area contributed by atoms with E-state index in [0.717, 1.165) is 13.1 Å². The molecule has 0 aliphatic carbocycles. The van der Waals surface area contributed by atoms with Gasteiger partial charge in [-0.2, -0.15) is 4.79 Å². The lowest BCUT2D eigenvalue weighted by atomic mass is 11.4. The normalized spacial score (nSPS) is 5.80. The molecule has 0 rings (SSSR count). The summed E-state index contributed by atoms with van der Waals surface area (Å²) in [6.07, 6.45) is 1.06. The zero-order chi connectivity index (χ0) is 4.28. The number of rotatable bonds is 0. The molecule has 0 saturated carbocycles. The average molecular weight is 73.1 g/mol. The van der Waals surface area contributed by atoms with Crippen molar-refractivity contribution in [1.82, 2.24) is 0 Å². The first-order valence-electron chi connectivity index (χ1n) is 1.06. The monoisotopic (exact) mass is 73.0 g/mol. The first-order valence-corrected chi connectivity index (χ1v) is 1.06. The van der Waals surface area contributed by atoms with Gasteiger partial charge in [0.05, 0.1) is 0 Å². The van der Waals surface area contributed by atoms with Crippen LogP contribution in [0.4, 0.5) is 0 Å². The van der Waals surface area contributed by atoms with Crippen LogP contribution in [0.15, 0.2) is 0 Å². The molecule has 5 heavy (non-hydrogen) atoms. The third kappa shape index (κ3) is 3.18. The summed E-state index contributed by atoms with van der Waals surface area (Å²) in [6, 6.07) is 0. The first-order chi connectivity index (χ1) is 2.27. The summed E-state index contributed by atoms with van der Waals surface area (Å²) < 4.78 is 0.0694. The van der Waals surface area contributed by atoms with E-state index in [1.54, 1.807) is 0 Å². The third-order valence-electron chi connectivity index (χ3n) is 0.129. The zero-order valence-corrected chi connectivity index (χ0v) is 2.76. The van der Waals surface area contributed by atoms with Gasteiger partial charge in [0.1, 0.15) is 0 Å². The summed E-state index contributed by atoms with van der Waals surface area (Å²) in [5.74, 6) is 0. The van der Waals surface area contributed by atoms with E-state index in [2.05, 4.69) is 0 Å². The molecule has 0 aromatic carbocycles. The predicted molar refractivity (Wildman–Crippen MR) is 15.2 cm³/mol. The van der Waals surface area contributed by atoms with Gasteiger partial charge in [0.25, 0.3) is 0 Å². The number of isocyanates is 1. The van der Waals surface area contributed by atoms with Gasteiger partial charge < -0.3 is 5.21 Å². The molecule has 3 nitrogen and oxygen atoms in total. The summed E-state index contributed by atoms with van der Waals surface area (Å²) in [5.41, 5.74) is 0. The molecule has 0 amide bonds. The minimum Gasteiger partial charge on any atom is -0.613 e. The summed E-state index contributed by atoms with van der Waals surface area (Å²) in [6.45, 7) is 0. The SMILES string of the molecule is C[N+]([O-])=C=O. The van der Waals surface area contributed by atoms with Crippen LogP contribution in [0.5, 0.6) is 0 Å². The molecule has 0 aliphatic heterocycles. The molecule has 0 atom stereocenters. The van der Waals surface area contributed by atoms with E-state index >= 15 is 0 Å². The van der Waals surface area contributed by atoms with Crippen molar-refractivity contribution in [2.75, 3.05) is 7.05 Å². The van der Waals surface area contributed by atoms with Crippen molar-refractivity contribution in [3.05, 3.63) is 5.21 Å². The van der Waals surface area contributed by atoms with Crippen LogP contribution < -0.4 is 0 Å². The van der Waals surface area contributed by atoms with Crippen LogP contribution in [0.2, 0.25) is 0 Å². The van der Waals surface area contributed by atoms with Gasteiger partial charge in [-0.3, -0.25) is 0 Å². The molecule has 0 fully saturated rings. The smallest absolute Gasteiger partial charge is 0.436 e. The second-order valence-corrected chi connectivity index (χ2v) is 0.589. The zero-order valence-electron chi connectivity index (χ0n) is 2.76. The number of nitrogens with zero attached hydrogens (tertiary/aromatic N) is 1. The van der Waals surface area contributed by atoms with Gasteiger partial charge in [-0.25, -0.2) is 0 Å². The molecule has 0 aliphatic rings. The van der Waals surface area contributed by atoms with Crippen LogP contribution in [-0.2, 0) is 4.79 Å². The first kappa shape index (κ1) is 4.18. The minimum atomic E-state index is 0.0694. The lowest BCUT2D eigenvalue weighted by Crippen LogP contribution is -1.86. The highest BCUT2D eigenvalue weighted by molar-refractivity contribution is 5.24. The number of hydroxylamine groups is 1. The molecule has 28 valence electrons. The average Bonchev–Trinajstić information content (AvgIpc) is 1.38. The maximum atomic E-state index is 9.31. The fourth-order valence-electron chi connectivity index (χ4n) is 0. The summed E-state index contributed by atoms with van der Waals surface area (Å²) in [7, 11) is 1.08. The summed E-state index contributed by atoms with van der Waals surface area (Å²) in [4.78, 5) is 8.99. The predicted octanol–water partition coefficient (Wildman–Crippen LogP) is -0.538. The quantitative estimate of drug-likeness (QED) is 0.127. The lowest BCUT2D eigenvalue weighted by Gasteiger charge is -1.77. The van der Waals surface area contributed by atoms with Gasteiger partial charge in [0, 0.05) is 0 Å². The van der Waals surface area contributed by atoms with Crippen LogP contribution >= 0.6 is 0 Å². The summed E-state index contributed by atoms with van der Waals surface area (Å²) >= 11 is 0. The number of hydrogen-bond acceptors (Lipinski definition) is 2. The van der Waals surface area contributed by atoms with Crippen molar-refractivity contribution in [2.24, 2.45) is 0 Å². The van der Waals surface area contributed by atoms with Crippen LogP contribution in [0.3, 0.4) is 0 Å². The van der Waals surface area contributed by atoms with Gasteiger partial charge in [0.2, 0.25) is 0 Å². The van der Waals surface area contributed by atoms with Crippen molar-refractivity contribution in [2.45, 2.75) is 0 Å². The van der Waals surface area contributed by atoms with Crippen molar-refractivity contribution < 1.29 is 9.53 Å². The fourth-order valence-corrected chi connectivity index (χ4v) is 0. The number of carbonyl (C=O) groups excluding carboxylic acids is 1. The maximum Gasteiger partial charge on any atom is 0.436 e. The van der Waals surface area contributed by atoms with E-state index in [4.69, 9.17) is 4.79 Å². The Bertz CT molecular complexity index is 67.7. The Morgan fingerprint density at radius 3 is 2.20 bits per heavy atom. The summed E-state index contributed by atoms with van der Waals surface area (Å²) in [5, 5.41) is 9.31. The Kier molecular flexibility index (Phi) is 1.25. The molecule has 0 spiro atoms. The largest absolute Gasteiger partial charge is 0.613 e. The Morgan fingerprint density at radius 1 is 2.00 bits per heavy atom. The van der Waals surface area contributed by atoms with Crippen LogP contribution in [-0.4, -0.2) is 17.9 Å². The van der Waals surface area contributed by atoms with Crippen molar-refractivity contribution in [1.29, 1.82) is 0 Å². The molecule has 0 heterocycles. The molecule has 0 aromatic rings. The third-order valence-corrected chi connectivity index (χ3v) is 0.129. The van der Waals surface area contributed by atoms with Gasteiger partial charge in [-0.1, -0.05) is 0 Å². The lowest BCUT2D eigenvalue weighted by molar-refractivity contribution is -0.419. The van der Waals surface area contributed by atoms with E-state index in [1.165, 1.54) is 0 Å². The second kappa shape index (κ2) is 1.49. The molecular formula is C2H3NO2. The Hall–Kier alpha value is -0.820. The van der Waals surface area contributed by atoms with Gasteiger partial charge in [0.15, 0.2) is 7.05 Å². The standard InChI is InChI=1S/C2H3NO2/c1-3(5)2-4/h1H3. The van der Waals surface area contributed by atoms with Crippen molar-refractivity contribution in [3.63, 3.8) is 0 Å². The molecule has 0 aromatic heterocycles. The topological polar surface area (TPSA) is 43.1 Å². The van der Waals surface area contributed by atoms with Gasteiger partial charge in [-0.05, 0) is 0 Å². The highest BCUT2D eigenvalue weighted by Crippen LogP contribution is 1.40. The molecule has 0 saturated heterocycles. The molecular weight excluding hydrogens is 70.0 g/mol. The van der Waals surface area contributed by atoms with Crippen molar-refractivity contribution in [3.8, 4) is 0 Å². The second-order valence-electron chi connectivity index (χ2n) is 0.589. The van der Waals surface area contributed by atoms with E-state index in [-0.39, 0.29) is 4.74 Å². The van der Waals surface area contributed by atoms with Crippen LogP contribution in [0, 0.1) is 5.21 Å². The van der Waals surface area contributed by atoms with E-state index in [0.29, 0.717) is 0 Å². The van der Waals surface area contributed by atoms with E-state index in [1.807, 2.05) is 0 Å².